The van der Waals surface area contributed by atoms with Crippen LogP contribution in [0.25, 0.3) is 0 Å². The average molecular weight is 334 g/mol. The molecule has 1 N–H and O–H groups in total. The zero-order valence-corrected chi connectivity index (χ0v) is 15.6. The number of amides is 2. The van der Waals surface area contributed by atoms with Gasteiger partial charge in [-0.05, 0) is 33.1 Å². The molecule has 24 heavy (non-hydrogen) atoms. The van der Waals surface area contributed by atoms with E-state index in [4.69, 9.17) is 0 Å². The van der Waals surface area contributed by atoms with Gasteiger partial charge in [0.15, 0.2) is 0 Å². The smallest absolute Gasteiger partial charge is 0.230 e. The van der Waals surface area contributed by atoms with E-state index in [1.165, 1.54) is 0 Å². The number of hydrogen-bond acceptors (Lipinski definition) is 3. The number of aromatic amines is 1. The molecule has 0 saturated carbocycles. The van der Waals surface area contributed by atoms with Crippen molar-refractivity contribution in [3.05, 3.63) is 17.0 Å². The fraction of sp³-hybridized carbons (Fsp3) is 0.722. The standard InChI is InChI=1S/C18H30N4O2/c1-12(2)6-7-16(23)21-8-10-22(11-9-21)18(24)13(3)17-14(4)19-20-15(17)5/h12-13H,6-11H2,1-5H3,(H,19,20). The predicted octanol–water partition coefficient (Wildman–Crippen LogP) is 2.24. The van der Waals surface area contributed by atoms with Crippen molar-refractivity contribution in [3.63, 3.8) is 0 Å². The summed E-state index contributed by atoms with van der Waals surface area (Å²) in [7, 11) is 0. The highest BCUT2D eigenvalue weighted by molar-refractivity contribution is 5.84. The van der Waals surface area contributed by atoms with Gasteiger partial charge in [-0.3, -0.25) is 14.7 Å². The van der Waals surface area contributed by atoms with E-state index in [0.717, 1.165) is 23.4 Å². The zero-order chi connectivity index (χ0) is 17.9. The van der Waals surface area contributed by atoms with E-state index in [9.17, 15) is 9.59 Å². The summed E-state index contributed by atoms with van der Waals surface area (Å²) in [6, 6.07) is 0. The fourth-order valence-electron chi connectivity index (χ4n) is 3.34. The molecule has 1 unspecified atom stereocenters. The van der Waals surface area contributed by atoms with Crippen molar-refractivity contribution < 1.29 is 9.59 Å². The first-order valence-electron chi connectivity index (χ1n) is 8.89. The summed E-state index contributed by atoms with van der Waals surface area (Å²) in [6.45, 7) is 12.6. The minimum Gasteiger partial charge on any atom is -0.339 e. The highest BCUT2D eigenvalue weighted by atomic mass is 16.2. The lowest BCUT2D eigenvalue weighted by Gasteiger charge is -2.36. The van der Waals surface area contributed by atoms with Crippen molar-refractivity contribution in [2.24, 2.45) is 5.92 Å². The van der Waals surface area contributed by atoms with Gasteiger partial charge < -0.3 is 9.80 Å². The summed E-state index contributed by atoms with van der Waals surface area (Å²) in [4.78, 5) is 28.7. The molecule has 2 amide bonds. The molecule has 6 heteroatoms. The Balaban J connectivity index is 1.90. The van der Waals surface area contributed by atoms with Crippen LogP contribution in [0, 0.1) is 19.8 Å². The van der Waals surface area contributed by atoms with Crippen molar-refractivity contribution in [1.82, 2.24) is 20.0 Å². The van der Waals surface area contributed by atoms with Gasteiger partial charge in [-0.1, -0.05) is 13.8 Å². The van der Waals surface area contributed by atoms with E-state index in [1.807, 2.05) is 30.6 Å². The number of aryl methyl sites for hydroxylation is 2. The molecule has 0 spiro atoms. The number of aromatic nitrogens is 2. The molecule has 2 rings (SSSR count). The van der Waals surface area contributed by atoms with Gasteiger partial charge in [-0.15, -0.1) is 0 Å². The third kappa shape index (κ3) is 4.16. The maximum absolute atomic E-state index is 12.8. The number of carbonyl (C=O) groups is 2. The topological polar surface area (TPSA) is 69.3 Å². The van der Waals surface area contributed by atoms with Crippen LogP contribution in [0.15, 0.2) is 0 Å². The monoisotopic (exact) mass is 334 g/mol. The van der Waals surface area contributed by atoms with Crippen LogP contribution in [0.3, 0.4) is 0 Å². The first-order valence-corrected chi connectivity index (χ1v) is 8.89. The van der Waals surface area contributed by atoms with Gasteiger partial charge in [0, 0.05) is 43.9 Å². The molecule has 1 aromatic heterocycles. The van der Waals surface area contributed by atoms with Gasteiger partial charge in [0.2, 0.25) is 11.8 Å². The summed E-state index contributed by atoms with van der Waals surface area (Å²) in [5, 5.41) is 7.13. The third-order valence-electron chi connectivity index (χ3n) is 4.87. The molecular weight excluding hydrogens is 304 g/mol. The summed E-state index contributed by atoms with van der Waals surface area (Å²) < 4.78 is 0. The molecule has 1 aromatic rings. The number of H-pyrrole nitrogens is 1. The lowest BCUT2D eigenvalue weighted by Crippen LogP contribution is -2.51. The Kier molecular flexibility index (Phi) is 6.02. The maximum Gasteiger partial charge on any atom is 0.230 e. The Bertz CT molecular complexity index is 566. The molecule has 6 nitrogen and oxygen atoms in total. The van der Waals surface area contributed by atoms with Crippen LogP contribution in [-0.2, 0) is 9.59 Å². The van der Waals surface area contributed by atoms with E-state index in [2.05, 4.69) is 24.0 Å². The largest absolute Gasteiger partial charge is 0.339 e. The number of carbonyl (C=O) groups excluding carboxylic acids is 2. The van der Waals surface area contributed by atoms with Crippen molar-refractivity contribution in [1.29, 1.82) is 0 Å². The Hall–Kier alpha value is -1.85. The van der Waals surface area contributed by atoms with Crippen molar-refractivity contribution in [3.8, 4) is 0 Å². The zero-order valence-electron chi connectivity index (χ0n) is 15.6. The molecule has 134 valence electrons. The average Bonchev–Trinajstić information content (AvgIpc) is 2.90. The molecular formula is C18H30N4O2. The maximum atomic E-state index is 12.8. The van der Waals surface area contributed by atoms with Crippen LogP contribution in [0.5, 0.6) is 0 Å². The second-order valence-corrected chi connectivity index (χ2v) is 7.21. The molecule has 0 aliphatic carbocycles. The van der Waals surface area contributed by atoms with E-state index in [1.54, 1.807) is 0 Å². The number of hydrogen-bond donors (Lipinski definition) is 1. The predicted molar refractivity (Wildman–Crippen MR) is 93.7 cm³/mol. The minimum absolute atomic E-state index is 0.122. The van der Waals surface area contributed by atoms with Gasteiger partial charge in [0.1, 0.15) is 0 Å². The Morgan fingerprint density at radius 1 is 1.08 bits per heavy atom. The lowest BCUT2D eigenvalue weighted by molar-refractivity contribution is -0.140. The number of nitrogens with zero attached hydrogens (tertiary/aromatic N) is 3. The van der Waals surface area contributed by atoms with Crippen LogP contribution in [0.4, 0.5) is 0 Å². The summed E-state index contributed by atoms with van der Waals surface area (Å²) in [5.41, 5.74) is 2.84. The highest BCUT2D eigenvalue weighted by Gasteiger charge is 2.29. The van der Waals surface area contributed by atoms with E-state index < -0.39 is 0 Å². The van der Waals surface area contributed by atoms with Gasteiger partial charge in [0.25, 0.3) is 0 Å². The van der Waals surface area contributed by atoms with Gasteiger partial charge in [-0.2, -0.15) is 5.10 Å². The van der Waals surface area contributed by atoms with Crippen molar-refractivity contribution in [2.45, 2.75) is 53.4 Å². The lowest BCUT2D eigenvalue weighted by atomic mass is 9.97. The van der Waals surface area contributed by atoms with E-state index in [-0.39, 0.29) is 17.7 Å². The summed E-state index contributed by atoms with van der Waals surface area (Å²) in [6.07, 6.45) is 1.53. The van der Waals surface area contributed by atoms with Gasteiger partial charge in [-0.25, -0.2) is 0 Å². The molecule has 1 saturated heterocycles. The molecule has 1 atom stereocenters. The third-order valence-corrected chi connectivity index (χ3v) is 4.87. The highest BCUT2D eigenvalue weighted by Crippen LogP contribution is 2.24. The molecule has 1 aliphatic heterocycles. The van der Waals surface area contributed by atoms with E-state index in [0.29, 0.717) is 38.5 Å². The number of nitrogens with one attached hydrogen (secondary N) is 1. The molecule has 0 bridgehead atoms. The van der Waals surface area contributed by atoms with Crippen LogP contribution in [-0.4, -0.2) is 58.0 Å². The van der Waals surface area contributed by atoms with E-state index >= 15 is 0 Å². The molecule has 0 aromatic carbocycles. The first kappa shape index (κ1) is 18.5. The van der Waals surface area contributed by atoms with Crippen molar-refractivity contribution >= 4 is 11.8 Å². The Labute approximate surface area is 144 Å². The molecule has 0 radical (unpaired) electrons. The molecule has 1 fully saturated rings. The Morgan fingerprint density at radius 2 is 1.67 bits per heavy atom. The number of piperazine rings is 1. The number of rotatable bonds is 5. The minimum atomic E-state index is -0.202. The van der Waals surface area contributed by atoms with Crippen molar-refractivity contribution in [2.75, 3.05) is 26.2 Å². The second kappa shape index (κ2) is 7.81. The molecule has 2 heterocycles. The van der Waals surface area contributed by atoms with Crippen LogP contribution < -0.4 is 0 Å². The van der Waals surface area contributed by atoms with Crippen LogP contribution in [0.1, 0.15) is 56.5 Å². The first-order chi connectivity index (χ1) is 11.3. The summed E-state index contributed by atoms with van der Waals surface area (Å²) >= 11 is 0. The van der Waals surface area contributed by atoms with Gasteiger partial charge >= 0.3 is 0 Å². The summed E-state index contributed by atoms with van der Waals surface area (Å²) in [5.74, 6) is 0.674. The second-order valence-electron chi connectivity index (χ2n) is 7.21. The van der Waals surface area contributed by atoms with Crippen LogP contribution >= 0.6 is 0 Å². The SMILES string of the molecule is Cc1n[nH]c(C)c1C(C)C(=O)N1CCN(C(=O)CCC(C)C)CC1. The van der Waals surface area contributed by atoms with Gasteiger partial charge in [0.05, 0.1) is 11.6 Å². The fourth-order valence-corrected chi connectivity index (χ4v) is 3.34. The quantitative estimate of drug-likeness (QED) is 0.898. The normalized spacial score (nSPS) is 16.6. The van der Waals surface area contributed by atoms with Crippen LogP contribution in [0.2, 0.25) is 0 Å². The molecule has 1 aliphatic rings. The Morgan fingerprint density at radius 3 is 2.17 bits per heavy atom.